The van der Waals surface area contributed by atoms with Gasteiger partial charge in [0.25, 0.3) is 0 Å². The summed E-state index contributed by atoms with van der Waals surface area (Å²) in [6.07, 6.45) is 8.99. The lowest BCUT2D eigenvalue weighted by atomic mass is 9.93. The Labute approximate surface area is 173 Å². The monoisotopic (exact) mass is 402 g/mol. The molecule has 0 radical (unpaired) electrons. The summed E-state index contributed by atoms with van der Waals surface area (Å²) < 4.78 is 7.89. The van der Waals surface area contributed by atoms with Crippen molar-refractivity contribution in [2.45, 2.75) is 26.3 Å². The highest BCUT2D eigenvalue weighted by Crippen LogP contribution is 2.36. The van der Waals surface area contributed by atoms with Gasteiger partial charge in [-0.25, -0.2) is 15.0 Å². The van der Waals surface area contributed by atoms with Crippen LogP contribution >= 0.6 is 0 Å². The molecular weight excluding hydrogens is 380 g/mol. The Morgan fingerprint density at radius 1 is 1.17 bits per heavy atom. The van der Waals surface area contributed by atoms with Gasteiger partial charge in [-0.05, 0) is 26.0 Å². The third-order valence-corrected chi connectivity index (χ3v) is 5.44. The van der Waals surface area contributed by atoms with Gasteiger partial charge in [-0.15, -0.1) is 0 Å². The predicted molar refractivity (Wildman–Crippen MR) is 111 cm³/mol. The molecule has 0 spiro atoms. The Bertz CT molecular complexity index is 1200. The van der Waals surface area contributed by atoms with Crippen LogP contribution in [0.3, 0.4) is 0 Å². The Balaban J connectivity index is 1.49. The van der Waals surface area contributed by atoms with E-state index in [1.54, 1.807) is 18.9 Å². The van der Waals surface area contributed by atoms with Crippen LogP contribution in [0.2, 0.25) is 0 Å². The number of aromatic amines is 1. The first-order valence-corrected chi connectivity index (χ1v) is 9.77. The number of rotatable bonds is 4. The second kappa shape index (κ2) is 7.25. The molecule has 0 aliphatic carbocycles. The van der Waals surface area contributed by atoms with E-state index in [0.717, 1.165) is 40.6 Å². The second-order valence-corrected chi connectivity index (χ2v) is 7.46. The minimum Gasteiger partial charge on any atom is -0.437 e. The molecule has 152 valence electrons. The number of aromatic nitrogens is 7. The summed E-state index contributed by atoms with van der Waals surface area (Å²) >= 11 is 0. The van der Waals surface area contributed by atoms with Gasteiger partial charge in [-0.1, -0.05) is 0 Å². The van der Waals surface area contributed by atoms with Crippen molar-refractivity contribution in [3.05, 3.63) is 71.6 Å². The molecule has 9 nitrogen and oxygen atoms in total. The molecule has 1 aliphatic heterocycles. The van der Waals surface area contributed by atoms with E-state index < -0.39 is 0 Å². The summed E-state index contributed by atoms with van der Waals surface area (Å²) in [6, 6.07) is 3.74. The van der Waals surface area contributed by atoms with Crippen molar-refractivity contribution in [3.8, 4) is 11.6 Å². The van der Waals surface area contributed by atoms with Crippen molar-refractivity contribution in [1.82, 2.24) is 34.7 Å². The fourth-order valence-corrected chi connectivity index (χ4v) is 3.89. The molecule has 5 heterocycles. The van der Waals surface area contributed by atoms with Crippen LogP contribution in [-0.4, -0.2) is 41.2 Å². The largest absolute Gasteiger partial charge is 0.437 e. The number of hydrogen-bond donors (Lipinski definition) is 1. The van der Waals surface area contributed by atoms with E-state index in [9.17, 15) is 0 Å². The first-order chi connectivity index (χ1) is 14.6. The summed E-state index contributed by atoms with van der Waals surface area (Å²) in [5.41, 5.74) is 4.97. The van der Waals surface area contributed by atoms with Crippen LogP contribution < -0.4 is 9.64 Å². The molecule has 9 heteroatoms. The van der Waals surface area contributed by atoms with Crippen molar-refractivity contribution < 1.29 is 4.74 Å². The summed E-state index contributed by atoms with van der Waals surface area (Å²) in [4.78, 5) is 23.3. The molecule has 0 amide bonds. The SMILES string of the molecule is Cc1ncccc1Oc1ncnc(N2Cc3[nH]cnc3C(c3cnn(C)c3)C2)c1C. The van der Waals surface area contributed by atoms with Gasteiger partial charge < -0.3 is 14.6 Å². The molecule has 30 heavy (non-hydrogen) atoms. The zero-order valence-corrected chi connectivity index (χ0v) is 17.1. The van der Waals surface area contributed by atoms with E-state index in [-0.39, 0.29) is 5.92 Å². The minimum atomic E-state index is 0.105. The van der Waals surface area contributed by atoms with Crippen LogP contribution in [0.4, 0.5) is 5.82 Å². The molecule has 4 aromatic heterocycles. The molecule has 5 rings (SSSR count). The number of aryl methyl sites for hydroxylation is 2. The van der Waals surface area contributed by atoms with Gasteiger partial charge in [0, 0.05) is 37.5 Å². The van der Waals surface area contributed by atoms with E-state index in [4.69, 9.17) is 4.74 Å². The van der Waals surface area contributed by atoms with E-state index in [1.165, 1.54) is 0 Å². The number of nitrogens with zero attached hydrogens (tertiary/aromatic N) is 7. The molecule has 0 bridgehead atoms. The van der Waals surface area contributed by atoms with Crippen LogP contribution in [0.25, 0.3) is 0 Å². The maximum atomic E-state index is 6.07. The van der Waals surface area contributed by atoms with Gasteiger partial charge in [-0.3, -0.25) is 9.67 Å². The first kappa shape index (κ1) is 18.3. The highest BCUT2D eigenvalue weighted by atomic mass is 16.5. The Kier molecular flexibility index (Phi) is 4.42. The number of anilines is 1. The fraction of sp³-hybridized carbons (Fsp3) is 0.286. The van der Waals surface area contributed by atoms with Crippen molar-refractivity contribution in [3.63, 3.8) is 0 Å². The normalized spacial score (nSPS) is 15.8. The van der Waals surface area contributed by atoms with Gasteiger partial charge >= 0.3 is 0 Å². The molecule has 4 aromatic rings. The number of hydrogen-bond acceptors (Lipinski definition) is 7. The Hall–Kier alpha value is -3.75. The molecule has 1 atom stereocenters. The third kappa shape index (κ3) is 3.18. The molecule has 1 aliphatic rings. The number of pyridine rings is 1. The van der Waals surface area contributed by atoms with Crippen LogP contribution in [0, 0.1) is 13.8 Å². The van der Waals surface area contributed by atoms with E-state index >= 15 is 0 Å². The van der Waals surface area contributed by atoms with Gasteiger partial charge in [0.2, 0.25) is 5.88 Å². The average Bonchev–Trinajstić information content (AvgIpc) is 3.39. The first-order valence-electron chi connectivity index (χ1n) is 9.77. The number of nitrogens with one attached hydrogen (secondary N) is 1. The Morgan fingerprint density at radius 2 is 2.07 bits per heavy atom. The molecule has 1 unspecified atom stereocenters. The van der Waals surface area contributed by atoms with Gasteiger partial charge in [0.05, 0.1) is 41.7 Å². The molecular formula is C21H22N8O. The molecule has 0 saturated carbocycles. The lowest BCUT2D eigenvalue weighted by Crippen LogP contribution is -2.35. The standard InChI is InChI=1S/C21H22N8O/c1-13-20(25-12-26-21(13)30-18-5-4-6-22-14(18)2)29-9-16(15-7-27-28(3)8-15)19-17(10-29)23-11-24-19/h4-8,11-12,16H,9-10H2,1-3H3,(H,23,24). The number of fused-ring (bicyclic) bond motifs is 1. The Morgan fingerprint density at radius 3 is 2.87 bits per heavy atom. The zero-order valence-electron chi connectivity index (χ0n) is 17.1. The van der Waals surface area contributed by atoms with E-state index in [1.807, 2.05) is 50.1 Å². The van der Waals surface area contributed by atoms with Crippen molar-refractivity contribution in [2.24, 2.45) is 7.05 Å². The third-order valence-electron chi connectivity index (χ3n) is 5.44. The number of imidazole rings is 1. The van der Waals surface area contributed by atoms with Crippen LogP contribution in [0.1, 0.15) is 34.1 Å². The van der Waals surface area contributed by atoms with Crippen LogP contribution in [0.15, 0.2) is 43.4 Å². The van der Waals surface area contributed by atoms with E-state index in [0.29, 0.717) is 18.2 Å². The summed E-state index contributed by atoms with van der Waals surface area (Å²) in [5, 5.41) is 4.34. The molecule has 0 aromatic carbocycles. The summed E-state index contributed by atoms with van der Waals surface area (Å²) in [5.74, 6) is 2.17. The van der Waals surface area contributed by atoms with Crippen molar-refractivity contribution in [2.75, 3.05) is 11.4 Å². The van der Waals surface area contributed by atoms with Gasteiger partial charge in [0.1, 0.15) is 12.1 Å². The summed E-state index contributed by atoms with van der Waals surface area (Å²) in [7, 11) is 1.92. The predicted octanol–water partition coefficient (Wildman–Crippen LogP) is 2.89. The second-order valence-electron chi connectivity index (χ2n) is 7.46. The van der Waals surface area contributed by atoms with E-state index in [2.05, 4.69) is 34.9 Å². The average molecular weight is 402 g/mol. The lowest BCUT2D eigenvalue weighted by molar-refractivity contribution is 0.450. The maximum Gasteiger partial charge on any atom is 0.227 e. The number of ether oxygens (including phenoxy) is 1. The summed E-state index contributed by atoms with van der Waals surface area (Å²) in [6.45, 7) is 5.33. The molecule has 0 saturated heterocycles. The van der Waals surface area contributed by atoms with Crippen molar-refractivity contribution in [1.29, 1.82) is 0 Å². The fourth-order valence-electron chi connectivity index (χ4n) is 3.89. The van der Waals surface area contributed by atoms with Crippen LogP contribution in [0.5, 0.6) is 11.6 Å². The van der Waals surface area contributed by atoms with Gasteiger partial charge in [0.15, 0.2) is 5.75 Å². The topological polar surface area (TPSA) is 97.6 Å². The quantitative estimate of drug-likeness (QED) is 0.560. The van der Waals surface area contributed by atoms with Crippen molar-refractivity contribution >= 4 is 5.82 Å². The van der Waals surface area contributed by atoms with Gasteiger partial charge in [-0.2, -0.15) is 5.10 Å². The lowest BCUT2D eigenvalue weighted by Gasteiger charge is -2.33. The molecule has 1 N–H and O–H groups in total. The number of H-pyrrole nitrogens is 1. The highest BCUT2D eigenvalue weighted by molar-refractivity contribution is 5.54. The zero-order chi connectivity index (χ0) is 20.7. The molecule has 0 fully saturated rings. The maximum absolute atomic E-state index is 6.07. The smallest absolute Gasteiger partial charge is 0.227 e. The van der Waals surface area contributed by atoms with Crippen LogP contribution in [-0.2, 0) is 13.6 Å². The highest BCUT2D eigenvalue weighted by Gasteiger charge is 2.31. The minimum absolute atomic E-state index is 0.105.